The number of piperidine rings is 1. The van der Waals surface area contributed by atoms with Crippen LogP contribution in [0.3, 0.4) is 0 Å². The number of likely N-dealkylation sites (tertiary alicyclic amines) is 1. The Kier molecular flexibility index (Phi) is 5.75. The second-order valence-corrected chi connectivity index (χ2v) is 5.70. The second-order valence-electron chi connectivity index (χ2n) is 5.70. The van der Waals surface area contributed by atoms with Crippen molar-refractivity contribution in [2.24, 2.45) is 11.8 Å². The smallest absolute Gasteiger partial charge is 0.0507 e. The van der Waals surface area contributed by atoms with Crippen LogP contribution in [0.4, 0.5) is 0 Å². The van der Waals surface area contributed by atoms with Crippen LogP contribution in [0, 0.1) is 11.8 Å². The molecule has 100 valence electrons. The highest BCUT2D eigenvalue weighted by atomic mass is 16.5. The molecule has 1 N–H and O–H groups in total. The van der Waals surface area contributed by atoms with E-state index in [0.717, 1.165) is 25.0 Å². The highest BCUT2D eigenvalue weighted by Crippen LogP contribution is 2.20. The predicted molar refractivity (Wildman–Crippen MR) is 71.3 cm³/mol. The zero-order valence-corrected chi connectivity index (χ0v) is 11.3. The van der Waals surface area contributed by atoms with Gasteiger partial charge in [0.25, 0.3) is 0 Å². The maximum atomic E-state index is 5.47. The topological polar surface area (TPSA) is 24.5 Å². The van der Waals surface area contributed by atoms with Crippen LogP contribution in [0.2, 0.25) is 0 Å². The zero-order chi connectivity index (χ0) is 11.9. The van der Waals surface area contributed by atoms with E-state index in [9.17, 15) is 0 Å². The molecule has 2 aliphatic heterocycles. The SMILES string of the molecule is CCCNCC1CCCN(CC2CCOC2)C1. The predicted octanol–water partition coefficient (Wildman–Crippen LogP) is 1.73. The molecule has 2 aliphatic rings. The van der Waals surface area contributed by atoms with Gasteiger partial charge in [-0.15, -0.1) is 0 Å². The summed E-state index contributed by atoms with van der Waals surface area (Å²) in [5, 5.41) is 3.57. The summed E-state index contributed by atoms with van der Waals surface area (Å²) >= 11 is 0. The lowest BCUT2D eigenvalue weighted by atomic mass is 9.96. The summed E-state index contributed by atoms with van der Waals surface area (Å²) in [7, 11) is 0. The molecule has 0 aromatic carbocycles. The van der Waals surface area contributed by atoms with Gasteiger partial charge in [0.1, 0.15) is 0 Å². The highest BCUT2D eigenvalue weighted by molar-refractivity contribution is 4.77. The van der Waals surface area contributed by atoms with Gasteiger partial charge in [0, 0.05) is 19.7 Å². The van der Waals surface area contributed by atoms with Crippen molar-refractivity contribution in [1.82, 2.24) is 10.2 Å². The minimum atomic E-state index is 0.803. The first-order valence-corrected chi connectivity index (χ1v) is 7.39. The van der Waals surface area contributed by atoms with E-state index >= 15 is 0 Å². The van der Waals surface area contributed by atoms with Crippen LogP contribution in [-0.2, 0) is 4.74 Å². The molecule has 2 rings (SSSR count). The Bertz CT molecular complexity index is 204. The summed E-state index contributed by atoms with van der Waals surface area (Å²) in [5.74, 6) is 1.68. The third-order valence-corrected chi connectivity index (χ3v) is 4.00. The van der Waals surface area contributed by atoms with Crippen LogP contribution in [0.15, 0.2) is 0 Å². The van der Waals surface area contributed by atoms with Crippen molar-refractivity contribution >= 4 is 0 Å². The van der Waals surface area contributed by atoms with Gasteiger partial charge in [0.05, 0.1) is 6.61 Å². The third kappa shape index (κ3) is 4.57. The summed E-state index contributed by atoms with van der Waals surface area (Å²) in [6.45, 7) is 10.5. The molecule has 0 amide bonds. The standard InChI is InChI=1S/C14H28N2O/c1-2-6-15-9-13-4-3-7-16(10-13)11-14-5-8-17-12-14/h13-15H,2-12H2,1H3. The average molecular weight is 240 g/mol. The van der Waals surface area contributed by atoms with E-state index in [1.165, 1.54) is 58.4 Å². The van der Waals surface area contributed by atoms with Crippen molar-refractivity contribution < 1.29 is 4.74 Å². The van der Waals surface area contributed by atoms with Gasteiger partial charge in [-0.05, 0) is 57.2 Å². The lowest BCUT2D eigenvalue weighted by Crippen LogP contribution is -2.42. The van der Waals surface area contributed by atoms with Crippen molar-refractivity contribution in [3.05, 3.63) is 0 Å². The summed E-state index contributed by atoms with van der Waals surface area (Å²) in [4.78, 5) is 2.67. The van der Waals surface area contributed by atoms with Gasteiger partial charge in [-0.25, -0.2) is 0 Å². The minimum absolute atomic E-state index is 0.803. The molecular weight excluding hydrogens is 212 g/mol. The maximum Gasteiger partial charge on any atom is 0.0507 e. The van der Waals surface area contributed by atoms with Crippen molar-refractivity contribution in [3.63, 3.8) is 0 Å². The molecule has 0 aromatic heterocycles. The van der Waals surface area contributed by atoms with Crippen LogP contribution in [0.5, 0.6) is 0 Å². The molecule has 0 bridgehead atoms. The summed E-state index contributed by atoms with van der Waals surface area (Å²) in [6.07, 6.45) is 5.31. The van der Waals surface area contributed by atoms with Crippen molar-refractivity contribution in [2.75, 3.05) is 45.9 Å². The Morgan fingerprint density at radius 1 is 1.29 bits per heavy atom. The summed E-state index contributed by atoms with van der Waals surface area (Å²) in [6, 6.07) is 0. The van der Waals surface area contributed by atoms with Crippen molar-refractivity contribution in [1.29, 1.82) is 0 Å². The molecule has 0 saturated carbocycles. The quantitative estimate of drug-likeness (QED) is 0.716. The Morgan fingerprint density at radius 3 is 3.00 bits per heavy atom. The minimum Gasteiger partial charge on any atom is -0.381 e. The molecule has 3 heteroatoms. The van der Waals surface area contributed by atoms with E-state index in [-0.39, 0.29) is 0 Å². The number of nitrogens with one attached hydrogen (secondary N) is 1. The van der Waals surface area contributed by atoms with Gasteiger partial charge in [0.2, 0.25) is 0 Å². The Balaban J connectivity index is 1.65. The van der Waals surface area contributed by atoms with Crippen LogP contribution < -0.4 is 5.32 Å². The van der Waals surface area contributed by atoms with Crippen molar-refractivity contribution in [2.45, 2.75) is 32.6 Å². The normalized spacial score (nSPS) is 30.9. The zero-order valence-electron chi connectivity index (χ0n) is 11.3. The van der Waals surface area contributed by atoms with E-state index in [2.05, 4.69) is 17.1 Å². The number of hydrogen-bond donors (Lipinski definition) is 1. The fourth-order valence-corrected chi connectivity index (χ4v) is 3.06. The van der Waals surface area contributed by atoms with Gasteiger partial charge in [-0.1, -0.05) is 6.92 Å². The summed E-state index contributed by atoms with van der Waals surface area (Å²) < 4.78 is 5.47. The average Bonchev–Trinajstić information content (AvgIpc) is 2.83. The van der Waals surface area contributed by atoms with Gasteiger partial charge in [0.15, 0.2) is 0 Å². The molecule has 0 radical (unpaired) electrons. The van der Waals surface area contributed by atoms with E-state index in [1.807, 2.05) is 0 Å². The molecule has 17 heavy (non-hydrogen) atoms. The van der Waals surface area contributed by atoms with Crippen LogP contribution in [-0.4, -0.2) is 50.8 Å². The fourth-order valence-electron chi connectivity index (χ4n) is 3.06. The van der Waals surface area contributed by atoms with Crippen LogP contribution in [0.25, 0.3) is 0 Å². The second kappa shape index (κ2) is 7.34. The van der Waals surface area contributed by atoms with E-state index < -0.39 is 0 Å². The van der Waals surface area contributed by atoms with E-state index in [1.54, 1.807) is 0 Å². The molecule has 0 aromatic rings. The van der Waals surface area contributed by atoms with E-state index in [0.29, 0.717) is 0 Å². The lowest BCUT2D eigenvalue weighted by Gasteiger charge is -2.34. The highest BCUT2D eigenvalue weighted by Gasteiger charge is 2.24. The fraction of sp³-hybridized carbons (Fsp3) is 1.00. The lowest BCUT2D eigenvalue weighted by molar-refractivity contribution is 0.134. The molecular formula is C14H28N2O. The Labute approximate surface area is 106 Å². The number of hydrogen-bond acceptors (Lipinski definition) is 3. The summed E-state index contributed by atoms with van der Waals surface area (Å²) in [5.41, 5.74) is 0. The van der Waals surface area contributed by atoms with Gasteiger partial charge >= 0.3 is 0 Å². The third-order valence-electron chi connectivity index (χ3n) is 4.00. The van der Waals surface area contributed by atoms with Gasteiger partial charge < -0.3 is 15.0 Å². The molecule has 0 aliphatic carbocycles. The van der Waals surface area contributed by atoms with Crippen molar-refractivity contribution in [3.8, 4) is 0 Å². The van der Waals surface area contributed by atoms with E-state index in [4.69, 9.17) is 4.74 Å². The largest absolute Gasteiger partial charge is 0.381 e. The van der Waals surface area contributed by atoms with Crippen LogP contribution >= 0.6 is 0 Å². The molecule has 0 spiro atoms. The number of ether oxygens (including phenoxy) is 1. The Hall–Kier alpha value is -0.120. The molecule has 2 atom stereocenters. The van der Waals surface area contributed by atoms with Crippen LogP contribution in [0.1, 0.15) is 32.6 Å². The molecule has 3 nitrogen and oxygen atoms in total. The first-order chi connectivity index (χ1) is 8.38. The van der Waals surface area contributed by atoms with Gasteiger partial charge in [-0.3, -0.25) is 0 Å². The van der Waals surface area contributed by atoms with Gasteiger partial charge in [-0.2, -0.15) is 0 Å². The Morgan fingerprint density at radius 2 is 2.24 bits per heavy atom. The monoisotopic (exact) mass is 240 g/mol. The molecule has 2 saturated heterocycles. The molecule has 2 fully saturated rings. The first kappa shape index (κ1) is 13.3. The first-order valence-electron chi connectivity index (χ1n) is 7.39. The number of nitrogens with zero attached hydrogens (tertiary/aromatic N) is 1. The molecule has 2 heterocycles. The maximum absolute atomic E-state index is 5.47. The molecule has 2 unspecified atom stereocenters. The number of rotatable bonds is 6.